The van der Waals surface area contributed by atoms with E-state index >= 15 is 0 Å². The fraction of sp³-hybridized carbons (Fsp3) is 0.667. The average molecular weight is 220 g/mol. The van der Waals surface area contributed by atoms with Gasteiger partial charge in [-0.1, -0.05) is 0 Å². The Balaban J connectivity index is 1.96. The number of aromatic nitrogens is 2. The summed E-state index contributed by atoms with van der Waals surface area (Å²) >= 11 is 0. The first-order valence-corrected chi connectivity index (χ1v) is 5.98. The number of aryl methyl sites for hydroxylation is 1. The van der Waals surface area contributed by atoms with Crippen LogP contribution in [0.15, 0.2) is 12.4 Å². The molecule has 88 valence electrons. The highest BCUT2D eigenvalue weighted by Crippen LogP contribution is 2.22. The van der Waals surface area contributed by atoms with Crippen LogP contribution in [0.2, 0.25) is 0 Å². The standard InChI is InChI=1S/C12H20N4/c1-10-12(15-6-5-14-10)16-7-3-11(4-8-16)9-13-2/h5-6,11,13H,3-4,7-9H2,1-2H3. The Hall–Kier alpha value is -1.16. The van der Waals surface area contributed by atoms with E-state index < -0.39 is 0 Å². The summed E-state index contributed by atoms with van der Waals surface area (Å²) in [7, 11) is 2.03. The lowest BCUT2D eigenvalue weighted by atomic mass is 9.97. The summed E-state index contributed by atoms with van der Waals surface area (Å²) in [5.74, 6) is 1.88. The second-order valence-electron chi connectivity index (χ2n) is 4.45. The van der Waals surface area contributed by atoms with E-state index in [0.717, 1.165) is 37.1 Å². The van der Waals surface area contributed by atoms with E-state index in [-0.39, 0.29) is 0 Å². The van der Waals surface area contributed by atoms with Gasteiger partial charge in [0.05, 0.1) is 5.69 Å². The van der Waals surface area contributed by atoms with Gasteiger partial charge in [-0.05, 0) is 39.3 Å². The molecule has 0 radical (unpaired) electrons. The summed E-state index contributed by atoms with van der Waals surface area (Å²) < 4.78 is 0. The van der Waals surface area contributed by atoms with Crippen LogP contribution in [0.4, 0.5) is 5.82 Å². The van der Waals surface area contributed by atoms with E-state index in [1.54, 1.807) is 12.4 Å². The monoisotopic (exact) mass is 220 g/mol. The van der Waals surface area contributed by atoms with Crippen LogP contribution in [0.25, 0.3) is 0 Å². The van der Waals surface area contributed by atoms with Crippen LogP contribution in [0.3, 0.4) is 0 Å². The van der Waals surface area contributed by atoms with Crippen molar-refractivity contribution in [1.82, 2.24) is 15.3 Å². The summed E-state index contributed by atoms with van der Waals surface area (Å²) in [6.07, 6.45) is 6.03. The third-order valence-electron chi connectivity index (χ3n) is 3.26. The molecular weight excluding hydrogens is 200 g/mol. The first-order valence-electron chi connectivity index (χ1n) is 5.98. The fourth-order valence-corrected chi connectivity index (χ4v) is 2.35. The molecule has 4 nitrogen and oxygen atoms in total. The van der Waals surface area contributed by atoms with Gasteiger partial charge < -0.3 is 10.2 Å². The van der Waals surface area contributed by atoms with Crippen molar-refractivity contribution in [3.05, 3.63) is 18.1 Å². The highest BCUT2D eigenvalue weighted by molar-refractivity contribution is 5.42. The van der Waals surface area contributed by atoms with Crippen molar-refractivity contribution in [2.24, 2.45) is 5.92 Å². The quantitative estimate of drug-likeness (QED) is 0.831. The number of rotatable bonds is 3. The average Bonchev–Trinajstić information content (AvgIpc) is 2.31. The SMILES string of the molecule is CNCC1CCN(c2nccnc2C)CC1. The van der Waals surface area contributed by atoms with E-state index in [4.69, 9.17) is 0 Å². The number of hydrogen-bond donors (Lipinski definition) is 1. The smallest absolute Gasteiger partial charge is 0.150 e. The minimum atomic E-state index is 0.818. The zero-order valence-corrected chi connectivity index (χ0v) is 10.1. The second kappa shape index (κ2) is 5.25. The van der Waals surface area contributed by atoms with Gasteiger partial charge in [-0.15, -0.1) is 0 Å². The predicted molar refractivity (Wildman–Crippen MR) is 65.6 cm³/mol. The van der Waals surface area contributed by atoms with Gasteiger partial charge in [0.15, 0.2) is 0 Å². The zero-order chi connectivity index (χ0) is 11.4. The van der Waals surface area contributed by atoms with E-state index in [0.29, 0.717) is 0 Å². The van der Waals surface area contributed by atoms with Crippen LogP contribution in [0, 0.1) is 12.8 Å². The van der Waals surface area contributed by atoms with Gasteiger partial charge in [-0.2, -0.15) is 0 Å². The van der Waals surface area contributed by atoms with Crippen LogP contribution in [-0.4, -0.2) is 36.6 Å². The second-order valence-corrected chi connectivity index (χ2v) is 4.45. The van der Waals surface area contributed by atoms with Gasteiger partial charge in [0.1, 0.15) is 5.82 Å². The van der Waals surface area contributed by atoms with Gasteiger partial charge in [0, 0.05) is 25.5 Å². The van der Waals surface area contributed by atoms with E-state index in [1.165, 1.54) is 12.8 Å². The van der Waals surface area contributed by atoms with Crippen molar-refractivity contribution >= 4 is 5.82 Å². The Morgan fingerprint density at radius 1 is 1.31 bits per heavy atom. The topological polar surface area (TPSA) is 41.0 Å². The summed E-state index contributed by atoms with van der Waals surface area (Å²) in [5, 5.41) is 3.26. The molecular formula is C12H20N4. The maximum atomic E-state index is 4.42. The molecule has 0 saturated carbocycles. The number of anilines is 1. The van der Waals surface area contributed by atoms with Crippen molar-refractivity contribution in [2.45, 2.75) is 19.8 Å². The van der Waals surface area contributed by atoms with Crippen LogP contribution in [0.5, 0.6) is 0 Å². The van der Waals surface area contributed by atoms with Gasteiger partial charge in [-0.3, -0.25) is 4.98 Å². The molecule has 1 aromatic rings. The molecule has 2 heterocycles. The molecule has 0 aliphatic carbocycles. The Kier molecular flexibility index (Phi) is 3.72. The Morgan fingerprint density at radius 3 is 2.62 bits per heavy atom. The molecule has 0 unspecified atom stereocenters. The molecule has 16 heavy (non-hydrogen) atoms. The van der Waals surface area contributed by atoms with Crippen molar-refractivity contribution in [3.8, 4) is 0 Å². The number of piperidine rings is 1. The maximum absolute atomic E-state index is 4.42. The summed E-state index contributed by atoms with van der Waals surface area (Å²) in [4.78, 5) is 11.1. The maximum Gasteiger partial charge on any atom is 0.150 e. The van der Waals surface area contributed by atoms with Gasteiger partial charge >= 0.3 is 0 Å². The molecule has 1 N–H and O–H groups in total. The molecule has 1 fully saturated rings. The first kappa shape index (κ1) is 11.3. The zero-order valence-electron chi connectivity index (χ0n) is 10.1. The van der Waals surface area contributed by atoms with E-state index in [9.17, 15) is 0 Å². The van der Waals surface area contributed by atoms with Crippen LogP contribution >= 0.6 is 0 Å². The van der Waals surface area contributed by atoms with Gasteiger partial charge in [0.25, 0.3) is 0 Å². The Labute approximate surface area is 97.1 Å². The molecule has 2 rings (SSSR count). The molecule has 1 saturated heterocycles. The first-order chi connectivity index (χ1) is 7.81. The lowest BCUT2D eigenvalue weighted by Gasteiger charge is -2.33. The Morgan fingerprint density at radius 2 is 2.00 bits per heavy atom. The Bertz CT molecular complexity index is 332. The van der Waals surface area contributed by atoms with Crippen molar-refractivity contribution in [3.63, 3.8) is 0 Å². The van der Waals surface area contributed by atoms with Crippen molar-refractivity contribution in [2.75, 3.05) is 31.6 Å². The molecule has 0 atom stereocenters. The normalized spacial score (nSPS) is 17.8. The molecule has 0 bridgehead atoms. The van der Waals surface area contributed by atoms with Crippen molar-refractivity contribution < 1.29 is 0 Å². The van der Waals surface area contributed by atoms with Crippen molar-refractivity contribution in [1.29, 1.82) is 0 Å². The highest BCUT2D eigenvalue weighted by Gasteiger charge is 2.20. The lowest BCUT2D eigenvalue weighted by Crippen LogP contribution is -2.37. The lowest BCUT2D eigenvalue weighted by molar-refractivity contribution is 0.392. The van der Waals surface area contributed by atoms with E-state index in [1.807, 2.05) is 14.0 Å². The third-order valence-corrected chi connectivity index (χ3v) is 3.26. The summed E-state index contributed by atoms with van der Waals surface area (Å²) in [6.45, 7) is 5.37. The van der Waals surface area contributed by atoms with Crippen LogP contribution in [0.1, 0.15) is 18.5 Å². The third kappa shape index (κ3) is 2.50. The fourth-order valence-electron chi connectivity index (χ4n) is 2.35. The summed E-state index contributed by atoms with van der Waals surface area (Å²) in [6, 6.07) is 0. The minimum absolute atomic E-state index is 0.818. The largest absolute Gasteiger partial charge is 0.355 e. The minimum Gasteiger partial charge on any atom is -0.355 e. The highest BCUT2D eigenvalue weighted by atomic mass is 15.2. The number of hydrogen-bond acceptors (Lipinski definition) is 4. The number of nitrogens with one attached hydrogen (secondary N) is 1. The molecule has 1 aliphatic heterocycles. The molecule has 0 aromatic carbocycles. The summed E-state index contributed by atoms with van der Waals surface area (Å²) in [5.41, 5.74) is 1.04. The predicted octanol–water partition coefficient (Wildman–Crippen LogP) is 1.22. The molecule has 0 spiro atoms. The number of nitrogens with zero attached hydrogens (tertiary/aromatic N) is 3. The van der Waals surface area contributed by atoms with E-state index in [2.05, 4.69) is 20.2 Å². The molecule has 4 heteroatoms. The molecule has 1 aromatic heterocycles. The van der Waals surface area contributed by atoms with Crippen LogP contribution in [-0.2, 0) is 0 Å². The molecule has 1 aliphatic rings. The van der Waals surface area contributed by atoms with Gasteiger partial charge in [-0.25, -0.2) is 4.98 Å². The molecule has 0 amide bonds. The van der Waals surface area contributed by atoms with Gasteiger partial charge in [0.2, 0.25) is 0 Å². The van der Waals surface area contributed by atoms with Crippen LogP contribution < -0.4 is 10.2 Å².